The van der Waals surface area contributed by atoms with E-state index in [9.17, 15) is 9.59 Å². The molecule has 1 aromatic carbocycles. The van der Waals surface area contributed by atoms with Crippen molar-refractivity contribution in [3.63, 3.8) is 0 Å². The van der Waals surface area contributed by atoms with E-state index >= 15 is 0 Å². The molecule has 0 radical (unpaired) electrons. The van der Waals surface area contributed by atoms with E-state index in [4.69, 9.17) is 9.84 Å². The minimum Gasteiger partial charge on any atom is -0.481 e. The molecule has 0 aliphatic rings. The number of carboxylic acid groups (broad SMARTS) is 1. The average Bonchev–Trinajstić information content (AvgIpc) is 2.44. The minimum atomic E-state index is -0.889. The summed E-state index contributed by atoms with van der Waals surface area (Å²) in [6, 6.07) is 6.93. The summed E-state index contributed by atoms with van der Waals surface area (Å²) in [5, 5.41) is 11.7. The van der Waals surface area contributed by atoms with Crippen LogP contribution in [0.15, 0.2) is 24.3 Å². The lowest BCUT2D eigenvalue weighted by Gasteiger charge is -2.24. The Morgan fingerprint density at radius 2 is 1.95 bits per heavy atom. The number of hydrogen-bond donors (Lipinski definition) is 2. The molecular weight excluding hydrogens is 272 g/mol. The molecule has 1 atom stereocenters. The molecule has 2 N–H and O–H groups in total. The number of carbonyl (C=O) groups excluding carboxylic acids is 1. The van der Waals surface area contributed by atoms with Gasteiger partial charge in [0.1, 0.15) is 0 Å². The summed E-state index contributed by atoms with van der Waals surface area (Å²) in [5.74, 6) is -0.889. The number of amides is 2. The number of rotatable bonds is 7. The lowest BCUT2D eigenvalue weighted by molar-refractivity contribution is -0.136. The number of nitrogens with one attached hydrogen (secondary N) is 1. The maximum Gasteiger partial charge on any atom is 0.317 e. The molecule has 0 aliphatic heterocycles. The predicted molar refractivity (Wildman–Crippen MR) is 79.1 cm³/mol. The third kappa shape index (κ3) is 5.43. The van der Waals surface area contributed by atoms with Crippen LogP contribution in [0, 0.1) is 0 Å². The Morgan fingerprint density at radius 1 is 1.33 bits per heavy atom. The summed E-state index contributed by atoms with van der Waals surface area (Å²) in [6.45, 7) is 2.65. The van der Waals surface area contributed by atoms with Crippen LogP contribution in [0.2, 0.25) is 0 Å². The number of benzene rings is 1. The van der Waals surface area contributed by atoms with Crippen molar-refractivity contribution in [1.82, 2.24) is 10.2 Å². The highest BCUT2D eigenvalue weighted by molar-refractivity contribution is 5.74. The molecule has 6 nitrogen and oxygen atoms in total. The summed E-state index contributed by atoms with van der Waals surface area (Å²) in [5.41, 5.74) is 1.51. The number of likely N-dealkylation sites (N-methyl/N-ethyl adjacent to an activating group) is 1. The number of nitrogens with zero attached hydrogens (tertiary/aromatic N) is 1. The van der Waals surface area contributed by atoms with Crippen molar-refractivity contribution in [2.45, 2.75) is 25.9 Å². The van der Waals surface area contributed by atoms with Gasteiger partial charge in [-0.3, -0.25) is 4.79 Å². The summed E-state index contributed by atoms with van der Waals surface area (Å²) >= 11 is 0. The van der Waals surface area contributed by atoms with Crippen LogP contribution in [-0.2, 0) is 22.5 Å². The Labute approximate surface area is 124 Å². The van der Waals surface area contributed by atoms with E-state index in [1.165, 1.54) is 0 Å². The second-order valence-electron chi connectivity index (χ2n) is 4.91. The van der Waals surface area contributed by atoms with Crippen LogP contribution in [0.5, 0.6) is 0 Å². The van der Waals surface area contributed by atoms with Crippen LogP contribution in [0.25, 0.3) is 0 Å². The van der Waals surface area contributed by atoms with Crippen LogP contribution in [-0.4, -0.2) is 48.8 Å². The molecule has 0 heterocycles. The number of urea groups is 1. The predicted octanol–water partition coefficient (Wildman–Crippen LogP) is 1.49. The zero-order valence-corrected chi connectivity index (χ0v) is 12.6. The van der Waals surface area contributed by atoms with Crippen molar-refractivity contribution in [1.29, 1.82) is 0 Å². The van der Waals surface area contributed by atoms with Gasteiger partial charge in [0.25, 0.3) is 0 Å². The van der Waals surface area contributed by atoms with Gasteiger partial charge in [-0.05, 0) is 18.1 Å². The second kappa shape index (κ2) is 8.26. The molecule has 0 aliphatic carbocycles. The van der Waals surface area contributed by atoms with Crippen molar-refractivity contribution < 1.29 is 19.4 Å². The molecule has 2 amide bonds. The lowest BCUT2D eigenvalue weighted by Crippen LogP contribution is -2.43. The quantitative estimate of drug-likeness (QED) is 0.798. The highest BCUT2D eigenvalue weighted by Crippen LogP contribution is 2.10. The van der Waals surface area contributed by atoms with Gasteiger partial charge in [-0.25, -0.2) is 4.79 Å². The van der Waals surface area contributed by atoms with E-state index in [2.05, 4.69) is 5.32 Å². The van der Waals surface area contributed by atoms with Gasteiger partial charge in [0.15, 0.2) is 0 Å². The number of aliphatic carboxylic acids is 1. The second-order valence-corrected chi connectivity index (χ2v) is 4.91. The van der Waals surface area contributed by atoms with Crippen LogP contribution in [0.4, 0.5) is 4.79 Å². The van der Waals surface area contributed by atoms with Crippen LogP contribution >= 0.6 is 0 Å². The van der Waals surface area contributed by atoms with Gasteiger partial charge >= 0.3 is 12.0 Å². The lowest BCUT2D eigenvalue weighted by atomic mass is 10.0. The largest absolute Gasteiger partial charge is 0.481 e. The Balaban J connectivity index is 2.62. The zero-order valence-electron chi connectivity index (χ0n) is 12.6. The van der Waals surface area contributed by atoms with Gasteiger partial charge in [0.2, 0.25) is 0 Å². The summed E-state index contributed by atoms with van der Waals surface area (Å²) in [7, 11) is 3.28. The first-order valence-electron chi connectivity index (χ1n) is 6.73. The monoisotopic (exact) mass is 294 g/mol. The molecule has 0 fully saturated rings. The fourth-order valence-electron chi connectivity index (χ4n) is 1.91. The van der Waals surface area contributed by atoms with Gasteiger partial charge in [-0.1, -0.05) is 24.3 Å². The van der Waals surface area contributed by atoms with Gasteiger partial charge in [0.05, 0.1) is 19.1 Å². The number of ether oxygens (including phenoxy) is 1. The maximum atomic E-state index is 12.0. The standard InChI is InChI=1S/C15H22N2O4/c1-11(10-21-3)17(2)15(20)16-9-13-7-5-4-6-12(13)8-14(18)19/h4-7,11H,8-10H2,1-3H3,(H,16,20)(H,18,19). The average molecular weight is 294 g/mol. The first kappa shape index (κ1) is 17.0. The molecule has 1 aromatic rings. The summed E-state index contributed by atoms with van der Waals surface area (Å²) < 4.78 is 5.01. The van der Waals surface area contributed by atoms with Crippen molar-refractivity contribution in [2.75, 3.05) is 20.8 Å². The SMILES string of the molecule is COCC(C)N(C)C(=O)NCc1ccccc1CC(=O)O. The van der Waals surface area contributed by atoms with Crippen molar-refractivity contribution >= 4 is 12.0 Å². The number of hydrogen-bond acceptors (Lipinski definition) is 3. The molecular formula is C15H22N2O4. The number of carbonyl (C=O) groups is 2. The van der Waals surface area contributed by atoms with Crippen molar-refractivity contribution in [2.24, 2.45) is 0 Å². The molecule has 0 spiro atoms. The Bertz CT molecular complexity index is 490. The van der Waals surface area contributed by atoms with Crippen LogP contribution in [0.1, 0.15) is 18.1 Å². The van der Waals surface area contributed by atoms with Gasteiger partial charge in [-0.2, -0.15) is 0 Å². The molecule has 1 unspecified atom stereocenters. The molecule has 1 rings (SSSR count). The summed E-state index contributed by atoms with van der Waals surface area (Å²) in [6.07, 6.45) is -0.0536. The molecule has 0 saturated heterocycles. The Kier molecular flexibility index (Phi) is 6.68. The summed E-state index contributed by atoms with van der Waals surface area (Å²) in [4.78, 5) is 24.4. The van der Waals surface area contributed by atoms with E-state index in [1.807, 2.05) is 19.1 Å². The van der Waals surface area contributed by atoms with E-state index in [0.29, 0.717) is 18.7 Å². The van der Waals surface area contributed by atoms with Crippen LogP contribution in [0.3, 0.4) is 0 Å². The minimum absolute atomic E-state index is 0.0377. The third-order valence-corrected chi connectivity index (χ3v) is 3.28. The molecule has 0 bridgehead atoms. The maximum absolute atomic E-state index is 12.0. The van der Waals surface area contributed by atoms with E-state index in [-0.39, 0.29) is 18.5 Å². The molecule has 6 heteroatoms. The highest BCUT2D eigenvalue weighted by atomic mass is 16.5. The van der Waals surface area contributed by atoms with Crippen molar-refractivity contribution in [3.8, 4) is 0 Å². The Morgan fingerprint density at radius 3 is 2.52 bits per heavy atom. The Hall–Kier alpha value is -2.08. The fourth-order valence-corrected chi connectivity index (χ4v) is 1.91. The van der Waals surface area contributed by atoms with E-state index in [0.717, 1.165) is 5.56 Å². The van der Waals surface area contributed by atoms with Gasteiger partial charge in [-0.15, -0.1) is 0 Å². The molecule has 116 valence electrons. The van der Waals surface area contributed by atoms with Crippen LogP contribution < -0.4 is 5.32 Å². The fraction of sp³-hybridized carbons (Fsp3) is 0.467. The van der Waals surface area contributed by atoms with E-state index < -0.39 is 5.97 Å². The van der Waals surface area contributed by atoms with Gasteiger partial charge in [0, 0.05) is 20.7 Å². The molecule has 21 heavy (non-hydrogen) atoms. The smallest absolute Gasteiger partial charge is 0.317 e. The third-order valence-electron chi connectivity index (χ3n) is 3.28. The van der Waals surface area contributed by atoms with Gasteiger partial charge < -0.3 is 20.1 Å². The van der Waals surface area contributed by atoms with E-state index in [1.54, 1.807) is 31.2 Å². The first-order chi connectivity index (χ1) is 9.95. The number of carboxylic acids is 1. The van der Waals surface area contributed by atoms with Crippen molar-refractivity contribution in [3.05, 3.63) is 35.4 Å². The molecule has 0 saturated carbocycles. The number of methoxy groups -OCH3 is 1. The normalized spacial score (nSPS) is 11.8. The molecule has 0 aromatic heterocycles. The topological polar surface area (TPSA) is 78.9 Å². The highest BCUT2D eigenvalue weighted by Gasteiger charge is 2.15. The first-order valence-corrected chi connectivity index (χ1v) is 6.73. The zero-order chi connectivity index (χ0) is 15.8.